The maximum Gasteiger partial charge on any atom is 0.308 e. The Labute approximate surface area is 103 Å². The fraction of sp³-hybridized carbons (Fsp3) is 0.500. The fourth-order valence-electron chi connectivity index (χ4n) is 1.49. The summed E-state index contributed by atoms with van der Waals surface area (Å²) in [6.07, 6.45) is 0.0996. The van der Waals surface area contributed by atoms with E-state index >= 15 is 0 Å². The summed E-state index contributed by atoms with van der Waals surface area (Å²) in [6.45, 7) is 9.50. The highest BCUT2D eigenvalue weighted by atomic mass is 16.5. The van der Waals surface area contributed by atoms with Crippen molar-refractivity contribution in [1.82, 2.24) is 0 Å². The van der Waals surface area contributed by atoms with Gasteiger partial charge in [-0.3, -0.25) is 4.79 Å². The number of ether oxygens (including phenoxy) is 2. The van der Waals surface area contributed by atoms with Gasteiger partial charge in [0.2, 0.25) is 0 Å². The van der Waals surface area contributed by atoms with Crippen LogP contribution in [0.25, 0.3) is 0 Å². The number of rotatable bonds is 4. The summed E-state index contributed by atoms with van der Waals surface area (Å²) in [5.74, 6) is 1.32. The Morgan fingerprint density at radius 1 is 1.06 bits per heavy atom. The molecule has 3 heteroatoms. The molecule has 0 aromatic heterocycles. The number of carbonyl (C=O) groups is 1. The van der Waals surface area contributed by atoms with E-state index in [9.17, 15) is 4.79 Å². The number of hydrogen-bond acceptors (Lipinski definition) is 3. The van der Waals surface area contributed by atoms with Gasteiger partial charge in [0, 0.05) is 13.0 Å². The number of esters is 1. The molecule has 1 rings (SSSR count). The van der Waals surface area contributed by atoms with Crippen LogP contribution in [0.1, 0.15) is 46.1 Å². The predicted molar refractivity (Wildman–Crippen MR) is 67.6 cm³/mol. The molecule has 0 saturated carbocycles. The lowest BCUT2D eigenvalue weighted by Gasteiger charge is -2.14. The summed E-state index contributed by atoms with van der Waals surface area (Å²) in [6, 6.07) is 5.60. The van der Waals surface area contributed by atoms with E-state index in [1.165, 1.54) is 6.92 Å². The van der Waals surface area contributed by atoms with E-state index in [-0.39, 0.29) is 12.1 Å². The second-order valence-electron chi connectivity index (χ2n) is 4.65. The average Bonchev–Trinajstić information content (AvgIpc) is 2.14. The number of carbonyl (C=O) groups excluding carboxylic acids is 1. The summed E-state index contributed by atoms with van der Waals surface area (Å²) in [4.78, 5) is 11.0. The van der Waals surface area contributed by atoms with Crippen molar-refractivity contribution in [3.63, 3.8) is 0 Å². The maximum absolute atomic E-state index is 11.0. The van der Waals surface area contributed by atoms with Gasteiger partial charge in [0.1, 0.15) is 11.5 Å². The topological polar surface area (TPSA) is 35.5 Å². The molecule has 0 aliphatic heterocycles. The lowest BCUT2D eigenvalue weighted by atomic mass is 10.0. The zero-order valence-corrected chi connectivity index (χ0v) is 11.1. The Kier molecular flexibility index (Phi) is 4.55. The first kappa shape index (κ1) is 13.6. The van der Waals surface area contributed by atoms with Gasteiger partial charge >= 0.3 is 5.97 Å². The van der Waals surface area contributed by atoms with Crippen LogP contribution in [0.15, 0.2) is 18.2 Å². The molecule has 0 radical (unpaired) electrons. The van der Waals surface area contributed by atoms with Crippen LogP contribution in [-0.4, -0.2) is 12.1 Å². The first-order chi connectivity index (χ1) is 7.88. The molecule has 94 valence electrons. The number of benzene rings is 1. The van der Waals surface area contributed by atoms with E-state index in [1.807, 2.05) is 26.0 Å². The zero-order valence-electron chi connectivity index (χ0n) is 11.1. The predicted octanol–water partition coefficient (Wildman–Crippen LogP) is 3.52. The molecule has 3 nitrogen and oxygen atoms in total. The molecule has 0 N–H and O–H groups in total. The van der Waals surface area contributed by atoms with Crippen molar-refractivity contribution >= 4 is 5.97 Å². The van der Waals surface area contributed by atoms with E-state index in [0.717, 1.165) is 11.3 Å². The standard InChI is InChI=1S/C14H20O3/c1-9(2)12-6-13(16-10(3)4)8-14(7-12)17-11(5)15/h6-10H,1-5H3. The molecule has 0 spiro atoms. The molecule has 1 aromatic carbocycles. The van der Waals surface area contributed by atoms with E-state index < -0.39 is 0 Å². The molecule has 17 heavy (non-hydrogen) atoms. The minimum atomic E-state index is -0.318. The van der Waals surface area contributed by atoms with E-state index in [0.29, 0.717) is 11.7 Å². The maximum atomic E-state index is 11.0. The summed E-state index contributed by atoms with van der Waals surface area (Å²) >= 11 is 0. The van der Waals surface area contributed by atoms with Gasteiger partial charge in [-0.2, -0.15) is 0 Å². The largest absolute Gasteiger partial charge is 0.491 e. The molecule has 0 unspecified atom stereocenters. The van der Waals surface area contributed by atoms with Crippen molar-refractivity contribution in [3.8, 4) is 11.5 Å². The third kappa shape index (κ3) is 4.47. The Morgan fingerprint density at radius 3 is 2.12 bits per heavy atom. The molecular weight excluding hydrogens is 216 g/mol. The first-order valence-electron chi connectivity index (χ1n) is 5.88. The molecule has 0 saturated heterocycles. The lowest BCUT2D eigenvalue weighted by molar-refractivity contribution is -0.131. The molecule has 0 aliphatic carbocycles. The van der Waals surface area contributed by atoms with Crippen LogP contribution in [-0.2, 0) is 4.79 Å². The van der Waals surface area contributed by atoms with Crippen LogP contribution < -0.4 is 9.47 Å². The third-order valence-corrected chi connectivity index (χ3v) is 2.20. The van der Waals surface area contributed by atoms with Gasteiger partial charge in [-0.25, -0.2) is 0 Å². The van der Waals surface area contributed by atoms with Gasteiger partial charge in [-0.15, -0.1) is 0 Å². The first-order valence-corrected chi connectivity index (χ1v) is 5.88. The molecule has 0 fully saturated rings. The highest BCUT2D eigenvalue weighted by molar-refractivity contribution is 5.69. The Bertz CT molecular complexity index is 394. The SMILES string of the molecule is CC(=O)Oc1cc(OC(C)C)cc(C(C)C)c1. The minimum absolute atomic E-state index is 0.0996. The van der Waals surface area contributed by atoms with E-state index in [2.05, 4.69) is 13.8 Å². The number of hydrogen-bond donors (Lipinski definition) is 0. The molecular formula is C14H20O3. The molecule has 0 heterocycles. The summed E-state index contributed by atoms with van der Waals surface area (Å²) < 4.78 is 10.7. The normalized spacial score (nSPS) is 10.8. The molecule has 1 aromatic rings. The minimum Gasteiger partial charge on any atom is -0.491 e. The summed E-state index contributed by atoms with van der Waals surface area (Å²) in [5.41, 5.74) is 1.10. The quantitative estimate of drug-likeness (QED) is 0.592. The highest BCUT2D eigenvalue weighted by Gasteiger charge is 2.08. The smallest absolute Gasteiger partial charge is 0.308 e. The fourth-order valence-corrected chi connectivity index (χ4v) is 1.49. The van der Waals surface area contributed by atoms with Crippen LogP contribution >= 0.6 is 0 Å². The van der Waals surface area contributed by atoms with Crippen molar-refractivity contribution in [3.05, 3.63) is 23.8 Å². The van der Waals surface area contributed by atoms with Crippen molar-refractivity contribution in [2.45, 2.75) is 46.6 Å². The monoisotopic (exact) mass is 236 g/mol. The van der Waals surface area contributed by atoms with Crippen LogP contribution in [0.4, 0.5) is 0 Å². The van der Waals surface area contributed by atoms with Gasteiger partial charge in [0.25, 0.3) is 0 Å². The van der Waals surface area contributed by atoms with E-state index in [1.54, 1.807) is 6.07 Å². The van der Waals surface area contributed by atoms with Gasteiger partial charge in [-0.1, -0.05) is 13.8 Å². The van der Waals surface area contributed by atoms with Gasteiger partial charge in [0.05, 0.1) is 6.10 Å². The van der Waals surface area contributed by atoms with Crippen LogP contribution in [0.5, 0.6) is 11.5 Å². The Balaban J connectivity index is 3.04. The summed E-state index contributed by atoms with van der Waals surface area (Å²) in [7, 11) is 0. The van der Waals surface area contributed by atoms with Gasteiger partial charge in [0.15, 0.2) is 0 Å². The molecule has 0 atom stereocenters. The third-order valence-electron chi connectivity index (χ3n) is 2.20. The molecule has 0 bridgehead atoms. The molecule has 0 amide bonds. The Hall–Kier alpha value is -1.51. The zero-order chi connectivity index (χ0) is 13.0. The van der Waals surface area contributed by atoms with Crippen molar-refractivity contribution < 1.29 is 14.3 Å². The van der Waals surface area contributed by atoms with Crippen LogP contribution in [0.2, 0.25) is 0 Å². The van der Waals surface area contributed by atoms with Gasteiger partial charge < -0.3 is 9.47 Å². The average molecular weight is 236 g/mol. The van der Waals surface area contributed by atoms with Crippen molar-refractivity contribution in [1.29, 1.82) is 0 Å². The van der Waals surface area contributed by atoms with E-state index in [4.69, 9.17) is 9.47 Å². The van der Waals surface area contributed by atoms with Crippen LogP contribution in [0, 0.1) is 0 Å². The summed E-state index contributed by atoms with van der Waals surface area (Å²) in [5, 5.41) is 0. The lowest BCUT2D eigenvalue weighted by Crippen LogP contribution is -2.07. The van der Waals surface area contributed by atoms with Gasteiger partial charge in [-0.05, 0) is 37.5 Å². The second-order valence-corrected chi connectivity index (χ2v) is 4.65. The second kappa shape index (κ2) is 5.71. The van der Waals surface area contributed by atoms with Crippen molar-refractivity contribution in [2.24, 2.45) is 0 Å². The Morgan fingerprint density at radius 2 is 1.65 bits per heavy atom. The highest BCUT2D eigenvalue weighted by Crippen LogP contribution is 2.28. The van der Waals surface area contributed by atoms with Crippen LogP contribution in [0.3, 0.4) is 0 Å². The van der Waals surface area contributed by atoms with Crippen molar-refractivity contribution in [2.75, 3.05) is 0 Å². The molecule has 0 aliphatic rings.